The molecular formula is C15H17N3O. The number of urea groups is 1. The van der Waals surface area contributed by atoms with Crippen molar-refractivity contribution in [3.8, 4) is 0 Å². The van der Waals surface area contributed by atoms with Crippen LogP contribution in [0.4, 0.5) is 10.5 Å². The Bertz CT molecular complexity index is 513. The zero-order chi connectivity index (χ0) is 13.5. The molecule has 1 N–H and O–H groups in total. The molecule has 0 saturated heterocycles. The van der Waals surface area contributed by atoms with E-state index in [0.29, 0.717) is 13.1 Å². The van der Waals surface area contributed by atoms with Crippen LogP contribution >= 0.6 is 0 Å². The maximum Gasteiger partial charge on any atom is 0.322 e. The Morgan fingerprint density at radius 1 is 1.16 bits per heavy atom. The predicted molar refractivity (Wildman–Crippen MR) is 75.8 cm³/mol. The molecule has 4 nitrogen and oxygen atoms in total. The summed E-state index contributed by atoms with van der Waals surface area (Å²) in [6, 6.07) is 13.4. The van der Waals surface area contributed by atoms with Crippen molar-refractivity contribution in [3.63, 3.8) is 0 Å². The topological polar surface area (TPSA) is 45.2 Å². The normalized spacial score (nSPS) is 9.95. The van der Waals surface area contributed by atoms with Crippen molar-refractivity contribution in [1.29, 1.82) is 0 Å². The van der Waals surface area contributed by atoms with Gasteiger partial charge in [0.15, 0.2) is 0 Å². The Morgan fingerprint density at radius 2 is 1.84 bits per heavy atom. The van der Waals surface area contributed by atoms with Crippen molar-refractivity contribution in [2.45, 2.75) is 13.5 Å². The maximum atomic E-state index is 12.1. The molecule has 4 heteroatoms. The van der Waals surface area contributed by atoms with Gasteiger partial charge in [0.25, 0.3) is 0 Å². The van der Waals surface area contributed by atoms with E-state index in [1.807, 2.05) is 37.3 Å². The minimum atomic E-state index is -0.0995. The summed E-state index contributed by atoms with van der Waals surface area (Å²) >= 11 is 0. The van der Waals surface area contributed by atoms with Gasteiger partial charge < -0.3 is 10.2 Å². The first-order valence-electron chi connectivity index (χ1n) is 6.29. The molecule has 2 rings (SSSR count). The second-order valence-corrected chi connectivity index (χ2v) is 4.17. The van der Waals surface area contributed by atoms with Crippen LogP contribution in [0, 0.1) is 0 Å². The van der Waals surface area contributed by atoms with Gasteiger partial charge in [-0.1, -0.05) is 30.3 Å². The van der Waals surface area contributed by atoms with Crippen molar-refractivity contribution < 1.29 is 4.79 Å². The number of hydrogen-bond donors (Lipinski definition) is 1. The van der Waals surface area contributed by atoms with Gasteiger partial charge in [-0.15, -0.1) is 0 Å². The van der Waals surface area contributed by atoms with Gasteiger partial charge in [0.2, 0.25) is 0 Å². The molecule has 19 heavy (non-hydrogen) atoms. The van der Waals surface area contributed by atoms with Crippen LogP contribution in [-0.4, -0.2) is 22.5 Å². The largest absolute Gasteiger partial charge is 0.322 e. The first kappa shape index (κ1) is 13.1. The lowest BCUT2D eigenvalue weighted by atomic mass is 10.2. The summed E-state index contributed by atoms with van der Waals surface area (Å²) in [4.78, 5) is 17.8. The fraction of sp³-hybridized carbons (Fsp3) is 0.200. The third kappa shape index (κ3) is 3.81. The Kier molecular flexibility index (Phi) is 4.50. The second-order valence-electron chi connectivity index (χ2n) is 4.17. The summed E-state index contributed by atoms with van der Waals surface area (Å²) < 4.78 is 0. The molecule has 0 radical (unpaired) electrons. The highest BCUT2D eigenvalue weighted by Crippen LogP contribution is 2.08. The Balaban J connectivity index is 2.00. The number of nitrogens with zero attached hydrogens (tertiary/aromatic N) is 2. The van der Waals surface area contributed by atoms with Crippen molar-refractivity contribution in [2.24, 2.45) is 0 Å². The van der Waals surface area contributed by atoms with Crippen LogP contribution in [-0.2, 0) is 6.54 Å². The number of pyridine rings is 1. The highest BCUT2D eigenvalue weighted by atomic mass is 16.2. The number of nitrogens with one attached hydrogen (secondary N) is 1. The standard InChI is InChI=1S/C15H17N3O/c1-2-18(12-13-6-4-3-5-7-13)15(19)17-14-8-10-16-11-9-14/h3-11H,2,12H2,1H3,(H,16,17,19). The SMILES string of the molecule is CCN(Cc1ccccc1)C(=O)Nc1ccncc1. The molecule has 0 aliphatic carbocycles. The van der Waals surface area contributed by atoms with Gasteiger partial charge in [-0.05, 0) is 24.6 Å². The molecule has 0 atom stereocenters. The number of carbonyl (C=O) groups excluding carboxylic acids is 1. The first-order chi connectivity index (χ1) is 9.29. The highest BCUT2D eigenvalue weighted by molar-refractivity contribution is 5.89. The number of anilines is 1. The van der Waals surface area contributed by atoms with Crippen LogP contribution in [0.5, 0.6) is 0 Å². The molecule has 2 amide bonds. The summed E-state index contributed by atoms with van der Waals surface area (Å²) in [6.45, 7) is 3.23. The van der Waals surface area contributed by atoms with Crippen LogP contribution in [0.1, 0.15) is 12.5 Å². The third-order valence-corrected chi connectivity index (χ3v) is 2.82. The maximum absolute atomic E-state index is 12.1. The summed E-state index contributed by atoms with van der Waals surface area (Å²) in [6.07, 6.45) is 3.31. The van der Waals surface area contributed by atoms with Crippen molar-refractivity contribution >= 4 is 11.7 Å². The van der Waals surface area contributed by atoms with E-state index in [4.69, 9.17) is 0 Å². The van der Waals surface area contributed by atoms with Gasteiger partial charge in [-0.2, -0.15) is 0 Å². The third-order valence-electron chi connectivity index (χ3n) is 2.82. The van der Waals surface area contributed by atoms with E-state index < -0.39 is 0 Å². The lowest BCUT2D eigenvalue weighted by molar-refractivity contribution is 0.212. The average molecular weight is 255 g/mol. The fourth-order valence-corrected chi connectivity index (χ4v) is 1.77. The second kappa shape index (κ2) is 6.54. The van der Waals surface area contributed by atoms with Crippen molar-refractivity contribution in [3.05, 3.63) is 60.4 Å². The van der Waals surface area contributed by atoms with E-state index in [9.17, 15) is 4.79 Å². The zero-order valence-corrected chi connectivity index (χ0v) is 10.9. The molecule has 0 spiro atoms. The molecule has 0 bridgehead atoms. The summed E-state index contributed by atoms with van der Waals surface area (Å²) in [5.41, 5.74) is 1.88. The minimum absolute atomic E-state index is 0.0995. The van der Waals surface area contributed by atoms with Gasteiger partial charge in [0.1, 0.15) is 0 Å². The molecule has 98 valence electrons. The molecule has 1 aromatic heterocycles. The van der Waals surface area contributed by atoms with Crippen LogP contribution in [0.3, 0.4) is 0 Å². The average Bonchev–Trinajstić information content (AvgIpc) is 2.47. The van der Waals surface area contributed by atoms with Crippen LogP contribution in [0.15, 0.2) is 54.9 Å². The molecule has 0 unspecified atom stereocenters. The van der Waals surface area contributed by atoms with Crippen LogP contribution < -0.4 is 5.32 Å². The Morgan fingerprint density at radius 3 is 2.47 bits per heavy atom. The molecule has 1 heterocycles. The molecule has 0 saturated carbocycles. The van der Waals surface area contributed by atoms with Gasteiger partial charge in [0, 0.05) is 31.2 Å². The Hall–Kier alpha value is -2.36. The van der Waals surface area contributed by atoms with Gasteiger partial charge in [-0.3, -0.25) is 4.98 Å². The monoisotopic (exact) mass is 255 g/mol. The van der Waals surface area contributed by atoms with Gasteiger partial charge in [0.05, 0.1) is 0 Å². The van der Waals surface area contributed by atoms with Crippen molar-refractivity contribution in [2.75, 3.05) is 11.9 Å². The lowest BCUT2D eigenvalue weighted by Gasteiger charge is -2.21. The van der Waals surface area contributed by atoms with Crippen LogP contribution in [0.2, 0.25) is 0 Å². The summed E-state index contributed by atoms with van der Waals surface area (Å²) in [5, 5.41) is 2.86. The van der Waals surface area contributed by atoms with E-state index in [1.165, 1.54) is 0 Å². The lowest BCUT2D eigenvalue weighted by Crippen LogP contribution is -2.34. The van der Waals surface area contributed by atoms with Crippen molar-refractivity contribution in [1.82, 2.24) is 9.88 Å². The number of hydrogen-bond acceptors (Lipinski definition) is 2. The number of aromatic nitrogens is 1. The van der Waals surface area contributed by atoms with E-state index in [2.05, 4.69) is 10.3 Å². The molecule has 0 fully saturated rings. The predicted octanol–water partition coefficient (Wildman–Crippen LogP) is 3.14. The zero-order valence-electron chi connectivity index (χ0n) is 10.9. The number of rotatable bonds is 4. The van der Waals surface area contributed by atoms with Crippen LogP contribution in [0.25, 0.3) is 0 Å². The Labute approximate surface area is 113 Å². The van der Waals surface area contributed by atoms with Gasteiger partial charge in [-0.25, -0.2) is 4.79 Å². The smallest absolute Gasteiger partial charge is 0.320 e. The molecule has 0 aliphatic heterocycles. The molecule has 2 aromatic rings. The van der Waals surface area contributed by atoms with E-state index >= 15 is 0 Å². The minimum Gasteiger partial charge on any atom is -0.320 e. The highest BCUT2D eigenvalue weighted by Gasteiger charge is 2.11. The number of carbonyl (C=O) groups is 1. The van der Waals surface area contributed by atoms with E-state index in [-0.39, 0.29) is 6.03 Å². The number of benzene rings is 1. The summed E-state index contributed by atoms with van der Waals surface area (Å²) in [7, 11) is 0. The van der Waals surface area contributed by atoms with E-state index in [0.717, 1.165) is 11.3 Å². The number of amides is 2. The molecule has 0 aliphatic rings. The fourth-order valence-electron chi connectivity index (χ4n) is 1.77. The first-order valence-corrected chi connectivity index (χ1v) is 6.29. The quantitative estimate of drug-likeness (QED) is 0.912. The van der Waals surface area contributed by atoms with E-state index in [1.54, 1.807) is 29.4 Å². The van der Waals surface area contributed by atoms with Gasteiger partial charge >= 0.3 is 6.03 Å². The molecule has 1 aromatic carbocycles. The summed E-state index contributed by atoms with van der Waals surface area (Å²) in [5.74, 6) is 0. The molecular weight excluding hydrogens is 238 g/mol.